The van der Waals surface area contributed by atoms with Crippen LogP contribution in [-0.2, 0) is 22.5 Å². The van der Waals surface area contributed by atoms with Gasteiger partial charge in [0.1, 0.15) is 11.9 Å². The number of aliphatic hydroxyl groups is 1. The molecule has 6 nitrogen and oxygen atoms in total. The summed E-state index contributed by atoms with van der Waals surface area (Å²) in [6, 6.07) is 25.3. The van der Waals surface area contributed by atoms with Gasteiger partial charge in [0.2, 0.25) is 0 Å². The Hall–Kier alpha value is -4.23. The molecule has 3 aromatic carbocycles. The monoisotopic (exact) mass is 556 g/mol. The van der Waals surface area contributed by atoms with Crippen LogP contribution in [0.2, 0.25) is 0 Å². The molecule has 0 bridgehead atoms. The Morgan fingerprint density at radius 3 is 2.22 bits per heavy atom. The Morgan fingerprint density at radius 1 is 0.976 bits per heavy atom. The molecule has 2 N–H and O–H groups in total. The number of aliphatic hydroxyl groups excluding tert-OH is 1. The molecule has 1 aliphatic heterocycles. The quantitative estimate of drug-likeness (QED) is 0.224. The molecule has 1 aliphatic rings. The molecule has 1 amide bonds. The first kappa shape index (κ1) is 29.7. The Labute approximate surface area is 240 Å². The number of para-hydroxylation sites is 1. The van der Waals surface area contributed by atoms with E-state index in [1.165, 1.54) is 12.1 Å². The maximum absolute atomic E-state index is 14.0. The Balaban J connectivity index is 0.00000189. The first-order valence-electron chi connectivity index (χ1n) is 14.2. The molecule has 2 atom stereocenters. The van der Waals surface area contributed by atoms with E-state index < -0.39 is 18.2 Å². The number of esters is 1. The van der Waals surface area contributed by atoms with Gasteiger partial charge in [0.25, 0.3) is 5.91 Å². The number of rotatable bonds is 8. The number of anilines is 1. The van der Waals surface area contributed by atoms with Gasteiger partial charge in [-0.2, -0.15) is 0 Å². The molecule has 1 unspecified atom stereocenters. The number of benzene rings is 3. The van der Waals surface area contributed by atoms with Gasteiger partial charge in [-0.1, -0.05) is 69.3 Å². The molecular formula is C34H37FN2O4. The third kappa shape index (κ3) is 6.92. The lowest BCUT2D eigenvalue weighted by Gasteiger charge is -2.26. The number of aromatic nitrogens is 1. The van der Waals surface area contributed by atoms with Gasteiger partial charge in [-0.05, 0) is 53.9 Å². The number of nitrogens with one attached hydrogen (secondary N) is 1. The van der Waals surface area contributed by atoms with Crippen LogP contribution in [0.15, 0.2) is 84.9 Å². The third-order valence-corrected chi connectivity index (χ3v) is 7.05. The number of hydrogen-bond donors (Lipinski definition) is 2. The van der Waals surface area contributed by atoms with E-state index in [-0.39, 0.29) is 18.1 Å². The van der Waals surface area contributed by atoms with Gasteiger partial charge < -0.3 is 19.7 Å². The second kappa shape index (κ2) is 13.9. The van der Waals surface area contributed by atoms with Crippen molar-refractivity contribution in [3.8, 4) is 22.4 Å². The van der Waals surface area contributed by atoms with E-state index in [1.54, 1.807) is 12.1 Å². The summed E-state index contributed by atoms with van der Waals surface area (Å²) >= 11 is 0. The second-order valence-electron chi connectivity index (χ2n) is 9.74. The lowest BCUT2D eigenvalue weighted by molar-refractivity contribution is -0.160. The zero-order valence-corrected chi connectivity index (χ0v) is 23.8. The molecule has 4 aromatic rings. The molecule has 1 fully saturated rings. The maximum atomic E-state index is 14.0. The van der Waals surface area contributed by atoms with Gasteiger partial charge in [-0.15, -0.1) is 0 Å². The van der Waals surface area contributed by atoms with Crippen LogP contribution in [0.25, 0.3) is 22.4 Å². The van der Waals surface area contributed by atoms with Crippen LogP contribution in [0, 0.1) is 5.82 Å². The Bertz CT molecular complexity index is 1450. The van der Waals surface area contributed by atoms with Crippen LogP contribution >= 0.6 is 0 Å². The predicted octanol–water partition coefficient (Wildman–Crippen LogP) is 7.26. The van der Waals surface area contributed by atoms with Crippen LogP contribution < -0.4 is 5.32 Å². The molecule has 1 saturated heterocycles. The highest BCUT2D eigenvalue weighted by atomic mass is 19.1. The number of cyclic esters (lactones) is 1. The zero-order chi connectivity index (χ0) is 29.4. The second-order valence-corrected chi connectivity index (χ2v) is 9.74. The highest BCUT2D eigenvalue weighted by Crippen LogP contribution is 2.41. The van der Waals surface area contributed by atoms with Gasteiger partial charge in [0, 0.05) is 36.3 Å². The lowest BCUT2D eigenvalue weighted by Crippen LogP contribution is -2.33. The minimum atomic E-state index is -0.727. The summed E-state index contributed by atoms with van der Waals surface area (Å²) in [5, 5.41) is 13.2. The number of ether oxygens (including phenoxy) is 1. The van der Waals surface area contributed by atoms with E-state index in [1.807, 2.05) is 81.4 Å². The molecule has 0 radical (unpaired) electrons. The maximum Gasteiger partial charge on any atom is 0.308 e. The molecule has 0 spiro atoms. The van der Waals surface area contributed by atoms with Gasteiger partial charge in [-0.25, -0.2) is 4.39 Å². The van der Waals surface area contributed by atoms with Gasteiger partial charge in [0.05, 0.1) is 23.8 Å². The van der Waals surface area contributed by atoms with E-state index in [2.05, 4.69) is 9.88 Å². The Kier molecular flexibility index (Phi) is 10.1. The van der Waals surface area contributed by atoms with E-state index in [0.717, 1.165) is 28.1 Å². The smallest absolute Gasteiger partial charge is 0.308 e. The minimum Gasteiger partial charge on any atom is -0.462 e. The molecular weight excluding hydrogens is 519 g/mol. The summed E-state index contributed by atoms with van der Waals surface area (Å²) in [4.78, 5) is 25.9. The van der Waals surface area contributed by atoms with Crippen molar-refractivity contribution in [2.24, 2.45) is 0 Å². The Morgan fingerprint density at radius 2 is 1.61 bits per heavy atom. The lowest BCUT2D eigenvalue weighted by atomic mass is 9.96. The zero-order valence-electron chi connectivity index (χ0n) is 23.8. The highest BCUT2D eigenvalue weighted by molar-refractivity contribution is 6.12. The van der Waals surface area contributed by atoms with Crippen LogP contribution in [0.1, 0.15) is 56.1 Å². The average Bonchev–Trinajstić information content (AvgIpc) is 3.32. The van der Waals surface area contributed by atoms with Crippen LogP contribution in [0.4, 0.5) is 10.1 Å². The van der Waals surface area contributed by atoms with E-state index in [0.29, 0.717) is 37.1 Å². The largest absolute Gasteiger partial charge is 0.462 e. The number of nitrogens with zero attached hydrogens (tertiary/aromatic N) is 1. The standard InChI is InChI=1S/C32H31FN2O4.C2H6/c1-2-27-30(32(38)34-24-11-7-4-8-12-24)29(21-9-5-3-6-10-21)31(22-13-15-23(33)16-14-22)35(27)18-17-26-19-25(36)20-28(37)39-26;1-2/h3-16,25-26,36H,2,17-20H2,1H3,(H,34,38);1-2H3/t25-,26?;/m1./s1. The highest BCUT2D eigenvalue weighted by Gasteiger charge is 2.31. The SMILES string of the molecule is CC.CCc1c(C(=O)Nc2ccccc2)c(-c2ccccc2)c(-c2ccc(F)cc2)n1CCC1C[C@@H](O)CC(=O)O1. The van der Waals surface area contributed by atoms with Crippen molar-refractivity contribution in [3.63, 3.8) is 0 Å². The van der Waals surface area contributed by atoms with Crippen molar-refractivity contribution in [2.75, 3.05) is 5.32 Å². The third-order valence-electron chi connectivity index (χ3n) is 7.05. The van der Waals surface area contributed by atoms with E-state index in [4.69, 9.17) is 4.74 Å². The summed E-state index contributed by atoms with van der Waals surface area (Å²) in [6.07, 6.45) is 0.237. The van der Waals surface area contributed by atoms with Crippen molar-refractivity contribution < 1.29 is 23.8 Å². The number of amides is 1. The number of carbonyl (C=O) groups excluding carboxylic acids is 2. The number of hydrogen-bond acceptors (Lipinski definition) is 4. The summed E-state index contributed by atoms with van der Waals surface area (Å²) < 4.78 is 21.6. The summed E-state index contributed by atoms with van der Waals surface area (Å²) in [6.45, 7) is 6.44. The molecule has 214 valence electrons. The molecule has 5 rings (SSSR count). The van der Waals surface area contributed by atoms with Crippen molar-refractivity contribution in [1.82, 2.24) is 4.57 Å². The normalized spacial score (nSPS) is 16.4. The van der Waals surface area contributed by atoms with Crippen LogP contribution in [-0.4, -0.2) is 33.8 Å². The first-order valence-corrected chi connectivity index (χ1v) is 14.2. The first-order chi connectivity index (χ1) is 19.9. The van der Waals surface area contributed by atoms with Gasteiger partial charge in [-0.3, -0.25) is 9.59 Å². The van der Waals surface area contributed by atoms with Crippen LogP contribution in [0.5, 0.6) is 0 Å². The molecule has 0 aliphatic carbocycles. The van der Waals surface area contributed by atoms with Crippen molar-refractivity contribution >= 4 is 17.6 Å². The minimum absolute atomic E-state index is 0.00300. The number of halogens is 1. The fourth-order valence-electron chi connectivity index (χ4n) is 5.35. The molecule has 7 heteroatoms. The summed E-state index contributed by atoms with van der Waals surface area (Å²) in [5.41, 5.74) is 5.24. The van der Waals surface area contributed by atoms with E-state index >= 15 is 0 Å². The molecule has 41 heavy (non-hydrogen) atoms. The van der Waals surface area contributed by atoms with Crippen molar-refractivity contribution in [2.45, 2.75) is 65.2 Å². The fraction of sp³-hybridized carbons (Fsp3) is 0.294. The van der Waals surface area contributed by atoms with Crippen molar-refractivity contribution in [3.05, 3.63) is 102 Å². The predicted molar refractivity (Wildman–Crippen MR) is 160 cm³/mol. The molecule has 1 aromatic heterocycles. The number of carbonyl (C=O) groups is 2. The van der Waals surface area contributed by atoms with Gasteiger partial charge in [0.15, 0.2) is 0 Å². The van der Waals surface area contributed by atoms with Gasteiger partial charge >= 0.3 is 5.97 Å². The fourth-order valence-corrected chi connectivity index (χ4v) is 5.35. The van der Waals surface area contributed by atoms with Crippen LogP contribution in [0.3, 0.4) is 0 Å². The molecule has 2 heterocycles. The van der Waals surface area contributed by atoms with Crippen molar-refractivity contribution in [1.29, 1.82) is 0 Å². The van der Waals surface area contributed by atoms with E-state index in [9.17, 15) is 19.1 Å². The summed E-state index contributed by atoms with van der Waals surface area (Å²) in [7, 11) is 0. The summed E-state index contributed by atoms with van der Waals surface area (Å²) in [5.74, 6) is -0.994. The average molecular weight is 557 g/mol. The molecule has 0 saturated carbocycles. The topological polar surface area (TPSA) is 80.6 Å².